The summed E-state index contributed by atoms with van der Waals surface area (Å²) in [5.74, 6) is 0.942. The molecule has 1 aliphatic carbocycles. The van der Waals surface area contributed by atoms with Crippen LogP contribution in [0.25, 0.3) is 0 Å². The summed E-state index contributed by atoms with van der Waals surface area (Å²) in [4.78, 5) is 10.3. The van der Waals surface area contributed by atoms with Crippen LogP contribution in [0.4, 0.5) is 5.82 Å². The average molecular weight is 188 g/mol. The van der Waals surface area contributed by atoms with Crippen LogP contribution in [0.2, 0.25) is 0 Å². The molecular weight excluding hydrogens is 176 g/mol. The summed E-state index contributed by atoms with van der Waals surface area (Å²) in [5.41, 5.74) is 0. The summed E-state index contributed by atoms with van der Waals surface area (Å²) in [6.45, 7) is 0.776. The average Bonchev–Trinajstić information content (AvgIpc) is 3.04. The van der Waals surface area contributed by atoms with Crippen LogP contribution in [0.5, 0.6) is 0 Å². The molecule has 0 amide bonds. The minimum Gasteiger partial charge on any atom is -0.353 e. The Morgan fingerprint density at radius 3 is 3.00 bits per heavy atom. The first-order valence-electron chi connectivity index (χ1n) is 4.81. The standard InChI is InChI=1S/C10H12N4/c11-5-1-7-14(9-2-3-9)10-4-6-12-8-13-10/h4,6,8-9H,1-3,7H2. The highest BCUT2D eigenvalue weighted by molar-refractivity contribution is 5.39. The lowest BCUT2D eigenvalue weighted by Gasteiger charge is -2.21. The van der Waals surface area contributed by atoms with Crippen molar-refractivity contribution in [2.24, 2.45) is 0 Å². The zero-order valence-electron chi connectivity index (χ0n) is 7.93. The van der Waals surface area contributed by atoms with E-state index in [-0.39, 0.29) is 0 Å². The Labute approximate surface area is 83.2 Å². The number of nitrogens with zero attached hydrogens (tertiary/aromatic N) is 4. The second kappa shape index (κ2) is 4.05. The van der Waals surface area contributed by atoms with E-state index >= 15 is 0 Å². The Bertz CT molecular complexity index is 326. The number of rotatable bonds is 4. The van der Waals surface area contributed by atoms with E-state index in [2.05, 4.69) is 20.9 Å². The van der Waals surface area contributed by atoms with Gasteiger partial charge < -0.3 is 4.90 Å². The molecule has 1 fully saturated rings. The fraction of sp³-hybridized carbons (Fsp3) is 0.500. The molecule has 0 saturated heterocycles. The van der Waals surface area contributed by atoms with Crippen LogP contribution < -0.4 is 4.90 Å². The molecule has 0 spiro atoms. The van der Waals surface area contributed by atoms with Gasteiger partial charge in [-0.2, -0.15) is 5.26 Å². The molecule has 0 unspecified atom stereocenters. The molecular formula is C10H12N4. The third-order valence-corrected chi connectivity index (χ3v) is 2.31. The maximum atomic E-state index is 8.55. The Morgan fingerprint density at radius 1 is 1.57 bits per heavy atom. The summed E-state index contributed by atoms with van der Waals surface area (Å²) < 4.78 is 0. The van der Waals surface area contributed by atoms with Crippen LogP contribution in [-0.4, -0.2) is 22.6 Å². The van der Waals surface area contributed by atoms with Crippen molar-refractivity contribution in [2.75, 3.05) is 11.4 Å². The van der Waals surface area contributed by atoms with Gasteiger partial charge in [-0.3, -0.25) is 0 Å². The molecule has 0 atom stereocenters. The smallest absolute Gasteiger partial charge is 0.132 e. The fourth-order valence-corrected chi connectivity index (χ4v) is 1.49. The number of hydrogen-bond acceptors (Lipinski definition) is 4. The van der Waals surface area contributed by atoms with E-state index in [0.717, 1.165) is 12.4 Å². The van der Waals surface area contributed by atoms with E-state index in [0.29, 0.717) is 12.5 Å². The summed E-state index contributed by atoms with van der Waals surface area (Å²) in [7, 11) is 0. The quantitative estimate of drug-likeness (QED) is 0.715. The molecule has 0 aliphatic heterocycles. The number of nitriles is 1. The lowest BCUT2D eigenvalue weighted by atomic mass is 10.3. The van der Waals surface area contributed by atoms with Crippen LogP contribution >= 0.6 is 0 Å². The van der Waals surface area contributed by atoms with E-state index < -0.39 is 0 Å². The molecule has 1 heterocycles. The number of anilines is 1. The maximum absolute atomic E-state index is 8.55. The molecule has 14 heavy (non-hydrogen) atoms. The van der Waals surface area contributed by atoms with Crippen molar-refractivity contribution in [1.82, 2.24) is 9.97 Å². The minimum absolute atomic E-state index is 0.556. The molecule has 2 rings (SSSR count). The molecule has 72 valence electrons. The van der Waals surface area contributed by atoms with Gasteiger partial charge in [-0.1, -0.05) is 0 Å². The van der Waals surface area contributed by atoms with Crippen molar-refractivity contribution in [2.45, 2.75) is 25.3 Å². The van der Waals surface area contributed by atoms with Crippen molar-refractivity contribution >= 4 is 5.82 Å². The van der Waals surface area contributed by atoms with Crippen LogP contribution in [0.3, 0.4) is 0 Å². The zero-order valence-corrected chi connectivity index (χ0v) is 7.93. The van der Waals surface area contributed by atoms with E-state index in [1.807, 2.05) is 6.07 Å². The van der Waals surface area contributed by atoms with Crippen LogP contribution in [-0.2, 0) is 0 Å². The molecule has 0 aromatic carbocycles. The molecule has 4 heteroatoms. The van der Waals surface area contributed by atoms with Gasteiger partial charge in [0.05, 0.1) is 12.5 Å². The van der Waals surface area contributed by atoms with Crippen molar-refractivity contribution in [3.05, 3.63) is 18.6 Å². The highest BCUT2D eigenvalue weighted by atomic mass is 15.2. The fourth-order valence-electron chi connectivity index (χ4n) is 1.49. The molecule has 1 aromatic rings. The second-order valence-electron chi connectivity index (χ2n) is 3.40. The summed E-state index contributed by atoms with van der Waals surface area (Å²) in [6.07, 6.45) is 6.28. The Hall–Kier alpha value is -1.63. The summed E-state index contributed by atoms with van der Waals surface area (Å²) in [5, 5.41) is 8.55. The monoisotopic (exact) mass is 188 g/mol. The van der Waals surface area contributed by atoms with Crippen LogP contribution in [0.15, 0.2) is 18.6 Å². The second-order valence-corrected chi connectivity index (χ2v) is 3.40. The van der Waals surface area contributed by atoms with Gasteiger partial charge in [-0.15, -0.1) is 0 Å². The van der Waals surface area contributed by atoms with Crippen molar-refractivity contribution in [3.8, 4) is 6.07 Å². The number of hydrogen-bond donors (Lipinski definition) is 0. The van der Waals surface area contributed by atoms with Crippen molar-refractivity contribution < 1.29 is 0 Å². The van der Waals surface area contributed by atoms with Gasteiger partial charge in [0, 0.05) is 18.8 Å². The van der Waals surface area contributed by atoms with Gasteiger partial charge in [0.15, 0.2) is 0 Å². The number of aromatic nitrogens is 2. The summed E-state index contributed by atoms with van der Waals surface area (Å²) in [6, 6.07) is 4.66. The predicted molar refractivity (Wildman–Crippen MR) is 52.6 cm³/mol. The Morgan fingerprint density at radius 2 is 2.43 bits per heavy atom. The molecule has 1 aliphatic rings. The van der Waals surface area contributed by atoms with Crippen LogP contribution in [0.1, 0.15) is 19.3 Å². The molecule has 0 radical (unpaired) electrons. The van der Waals surface area contributed by atoms with Gasteiger partial charge in [0.25, 0.3) is 0 Å². The third kappa shape index (κ3) is 1.99. The van der Waals surface area contributed by atoms with E-state index in [4.69, 9.17) is 5.26 Å². The van der Waals surface area contributed by atoms with Crippen molar-refractivity contribution in [3.63, 3.8) is 0 Å². The highest BCUT2D eigenvalue weighted by Crippen LogP contribution is 2.30. The van der Waals surface area contributed by atoms with Crippen LogP contribution in [0, 0.1) is 11.3 Å². The summed E-state index contributed by atoms with van der Waals surface area (Å²) >= 11 is 0. The van der Waals surface area contributed by atoms with Gasteiger partial charge in [-0.05, 0) is 18.9 Å². The molecule has 0 N–H and O–H groups in total. The molecule has 1 saturated carbocycles. The molecule has 0 bridgehead atoms. The van der Waals surface area contributed by atoms with Gasteiger partial charge >= 0.3 is 0 Å². The molecule has 4 nitrogen and oxygen atoms in total. The lowest BCUT2D eigenvalue weighted by molar-refractivity contribution is 0.775. The van der Waals surface area contributed by atoms with Gasteiger partial charge in [0.1, 0.15) is 12.1 Å². The first kappa shape index (κ1) is 8.95. The minimum atomic E-state index is 0.556. The first-order valence-corrected chi connectivity index (χ1v) is 4.81. The Balaban J connectivity index is 2.07. The van der Waals surface area contributed by atoms with Gasteiger partial charge in [-0.25, -0.2) is 9.97 Å². The normalized spacial score (nSPS) is 14.8. The predicted octanol–water partition coefficient (Wildman–Crippen LogP) is 1.36. The first-order chi connectivity index (χ1) is 6.92. The highest BCUT2D eigenvalue weighted by Gasteiger charge is 2.29. The lowest BCUT2D eigenvalue weighted by Crippen LogP contribution is -2.27. The van der Waals surface area contributed by atoms with E-state index in [9.17, 15) is 0 Å². The van der Waals surface area contributed by atoms with Crippen molar-refractivity contribution in [1.29, 1.82) is 5.26 Å². The van der Waals surface area contributed by atoms with E-state index in [1.165, 1.54) is 12.8 Å². The van der Waals surface area contributed by atoms with Gasteiger partial charge in [0.2, 0.25) is 0 Å². The maximum Gasteiger partial charge on any atom is 0.132 e. The third-order valence-electron chi connectivity index (χ3n) is 2.31. The Kier molecular flexibility index (Phi) is 2.59. The van der Waals surface area contributed by atoms with E-state index in [1.54, 1.807) is 12.5 Å². The SMILES string of the molecule is N#CCCN(c1ccncn1)C1CC1. The zero-order chi connectivity index (χ0) is 9.80. The largest absolute Gasteiger partial charge is 0.353 e. The topological polar surface area (TPSA) is 52.8 Å². The molecule has 1 aromatic heterocycles.